The van der Waals surface area contributed by atoms with Crippen LogP contribution in [0.4, 0.5) is 13.2 Å². The molecular formula is C13H24F3NO2. The van der Waals surface area contributed by atoms with E-state index in [0.717, 1.165) is 19.3 Å². The zero-order valence-electron chi connectivity index (χ0n) is 11.3. The normalized spacial score (nSPS) is 22.4. The van der Waals surface area contributed by atoms with Crippen LogP contribution in [0.25, 0.3) is 0 Å². The molecule has 0 aromatic heterocycles. The largest absolute Gasteiger partial charge is 0.389 e. The summed E-state index contributed by atoms with van der Waals surface area (Å²) in [5.41, 5.74) is 5.51. The van der Waals surface area contributed by atoms with E-state index in [0.29, 0.717) is 32.4 Å². The number of halogens is 3. The fourth-order valence-electron chi connectivity index (χ4n) is 2.20. The van der Waals surface area contributed by atoms with E-state index in [-0.39, 0.29) is 18.8 Å². The molecule has 1 rings (SSSR count). The molecule has 0 aliphatic carbocycles. The van der Waals surface area contributed by atoms with Crippen molar-refractivity contribution in [2.75, 3.05) is 13.2 Å². The van der Waals surface area contributed by atoms with Crippen molar-refractivity contribution in [2.45, 2.75) is 69.9 Å². The van der Waals surface area contributed by atoms with Gasteiger partial charge in [-0.15, -0.1) is 0 Å². The van der Waals surface area contributed by atoms with E-state index in [1.165, 1.54) is 0 Å². The van der Waals surface area contributed by atoms with Gasteiger partial charge in [0.15, 0.2) is 6.29 Å². The summed E-state index contributed by atoms with van der Waals surface area (Å²) in [4.78, 5) is 0. The quantitative estimate of drug-likeness (QED) is 0.695. The Bertz CT molecular complexity index is 230. The molecule has 6 heteroatoms. The molecular weight excluding hydrogens is 259 g/mol. The molecule has 1 fully saturated rings. The monoisotopic (exact) mass is 283 g/mol. The van der Waals surface area contributed by atoms with Crippen LogP contribution in [-0.2, 0) is 9.47 Å². The molecule has 0 spiro atoms. The highest BCUT2D eigenvalue weighted by Crippen LogP contribution is 2.24. The Morgan fingerprint density at radius 1 is 1.21 bits per heavy atom. The average Bonchev–Trinajstić information content (AvgIpc) is 2.35. The molecule has 0 aromatic carbocycles. The second kappa shape index (κ2) is 8.76. The van der Waals surface area contributed by atoms with Crippen molar-refractivity contribution in [1.82, 2.24) is 0 Å². The van der Waals surface area contributed by atoms with Crippen molar-refractivity contribution in [2.24, 2.45) is 5.73 Å². The van der Waals surface area contributed by atoms with Gasteiger partial charge in [0.1, 0.15) is 0 Å². The van der Waals surface area contributed by atoms with Gasteiger partial charge in [-0.05, 0) is 45.1 Å². The van der Waals surface area contributed by atoms with E-state index in [9.17, 15) is 13.2 Å². The number of hydrogen-bond donors (Lipinski definition) is 1. The SMILES string of the molecule is NCCC(CCCCC(F)(F)F)OC1CCCCO1. The molecule has 2 unspecified atom stereocenters. The van der Waals surface area contributed by atoms with Crippen LogP contribution < -0.4 is 5.73 Å². The van der Waals surface area contributed by atoms with Gasteiger partial charge in [-0.3, -0.25) is 0 Å². The third-order valence-corrected chi connectivity index (χ3v) is 3.21. The van der Waals surface area contributed by atoms with Crippen LogP contribution in [0.15, 0.2) is 0 Å². The Morgan fingerprint density at radius 3 is 2.58 bits per heavy atom. The Balaban J connectivity index is 2.19. The number of rotatable bonds is 8. The zero-order valence-corrected chi connectivity index (χ0v) is 11.3. The highest BCUT2D eigenvalue weighted by atomic mass is 19.4. The topological polar surface area (TPSA) is 44.5 Å². The summed E-state index contributed by atoms with van der Waals surface area (Å²) in [5, 5.41) is 0. The zero-order chi connectivity index (χ0) is 14.1. The van der Waals surface area contributed by atoms with Crippen LogP contribution in [0.2, 0.25) is 0 Å². The Labute approximate surface area is 112 Å². The van der Waals surface area contributed by atoms with Gasteiger partial charge < -0.3 is 15.2 Å². The highest BCUT2D eigenvalue weighted by molar-refractivity contribution is 4.64. The number of nitrogens with two attached hydrogens (primary N) is 1. The summed E-state index contributed by atoms with van der Waals surface area (Å²) in [6, 6.07) is 0. The average molecular weight is 283 g/mol. The van der Waals surface area contributed by atoms with E-state index < -0.39 is 12.6 Å². The first kappa shape index (κ1) is 16.7. The van der Waals surface area contributed by atoms with E-state index >= 15 is 0 Å². The molecule has 1 aliphatic heterocycles. The van der Waals surface area contributed by atoms with Crippen molar-refractivity contribution >= 4 is 0 Å². The first-order chi connectivity index (χ1) is 9.01. The molecule has 3 nitrogen and oxygen atoms in total. The molecule has 0 bridgehead atoms. The summed E-state index contributed by atoms with van der Waals surface area (Å²) >= 11 is 0. The van der Waals surface area contributed by atoms with Gasteiger partial charge in [-0.25, -0.2) is 0 Å². The van der Waals surface area contributed by atoms with Crippen LogP contribution in [0, 0.1) is 0 Å². The maximum absolute atomic E-state index is 12.0. The minimum atomic E-state index is -4.06. The third kappa shape index (κ3) is 8.44. The lowest BCUT2D eigenvalue weighted by molar-refractivity contribution is -0.190. The molecule has 0 radical (unpaired) electrons. The van der Waals surface area contributed by atoms with Crippen LogP contribution in [0.5, 0.6) is 0 Å². The lowest BCUT2D eigenvalue weighted by Gasteiger charge is -2.27. The Kier molecular flexibility index (Phi) is 7.71. The molecule has 1 aliphatic rings. The van der Waals surface area contributed by atoms with Crippen molar-refractivity contribution < 1.29 is 22.6 Å². The Hall–Kier alpha value is -0.330. The van der Waals surface area contributed by atoms with Gasteiger partial charge in [-0.1, -0.05) is 6.42 Å². The lowest BCUT2D eigenvalue weighted by atomic mass is 10.1. The molecule has 19 heavy (non-hydrogen) atoms. The minimum absolute atomic E-state index is 0.0821. The van der Waals surface area contributed by atoms with E-state index in [2.05, 4.69) is 0 Å². The third-order valence-electron chi connectivity index (χ3n) is 3.21. The first-order valence-corrected chi connectivity index (χ1v) is 7.05. The van der Waals surface area contributed by atoms with Crippen LogP contribution >= 0.6 is 0 Å². The molecule has 1 saturated heterocycles. The number of ether oxygens (including phenoxy) is 2. The minimum Gasteiger partial charge on any atom is -0.353 e. The van der Waals surface area contributed by atoms with Gasteiger partial charge >= 0.3 is 6.18 Å². The van der Waals surface area contributed by atoms with Crippen molar-refractivity contribution in [3.63, 3.8) is 0 Å². The van der Waals surface area contributed by atoms with Gasteiger partial charge in [0, 0.05) is 13.0 Å². The van der Waals surface area contributed by atoms with Crippen LogP contribution in [0.1, 0.15) is 51.4 Å². The predicted octanol–water partition coefficient (Wildman–Crippen LogP) is 3.37. The fraction of sp³-hybridized carbons (Fsp3) is 1.00. The highest BCUT2D eigenvalue weighted by Gasteiger charge is 2.26. The second-order valence-corrected chi connectivity index (χ2v) is 4.99. The van der Waals surface area contributed by atoms with Crippen molar-refractivity contribution in [3.05, 3.63) is 0 Å². The molecule has 2 atom stereocenters. The van der Waals surface area contributed by atoms with Crippen LogP contribution in [0.3, 0.4) is 0 Å². The van der Waals surface area contributed by atoms with Crippen molar-refractivity contribution in [1.29, 1.82) is 0 Å². The van der Waals surface area contributed by atoms with Gasteiger partial charge in [0.05, 0.1) is 6.10 Å². The Morgan fingerprint density at radius 2 is 2.00 bits per heavy atom. The van der Waals surface area contributed by atoms with Gasteiger partial charge in [0.25, 0.3) is 0 Å². The molecule has 0 aromatic rings. The van der Waals surface area contributed by atoms with Gasteiger partial charge in [-0.2, -0.15) is 13.2 Å². The summed E-state index contributed by atoms with van der Waals surface area (Å²) < 4.78 is 47.3. The summed E-state index contributed by atoms with van der Waals surface area (Å²) in [6.07, 6.45) is -0.117. The van der Waals surface area contributed by atoms with Crippen molar-refractivity contribution in [3.8, 4) is 0 Å². The lowest BCUT2D eigenvalue weighted by Crippen LogP contribution is -2.29. The fourth-order valence-corrected chi connectivity index (χ4v) is 2.20. The van der Waals surface area contributed by atoms with Gasteiger partial charge in [0.2, 0.25) is 0 Å². The predicted molar refractivity (Wildman–Crippen MR) is 66.7 cm³/mol. The van der Waals surface area contributed by atoms with E-state index in [1.807, 2.05) is 0 Å². The molecule has 0 saturated carbocycles. The number of unbranched alkanes of at least 4 members (excludes halogenated alkanes) is 1. The maximum atomic E-state index is 12.0. The second-order valence-electron chi connectivity index (χ2n) is 4.99. The first-order valence-electron chi connectivity index (χ1n) is 7.05. The van der Waals surface area contributed by atoms with Crippen LogP contribution in [-0.4, -0.2) is 31.7 Å². The van der Waals surface area contributed by atoms with E-state index in [4.69, 9.17) is 15.2 Å². The summed E-state index contributed by atoms with van der Waals surface area (Å²) in [6.45, 7) is 1.19. The standard InChI is InChI=1S/C13H24F3NO2/c14-13(15,16)8-3-1-5-11(7-9-17)19-12-6-2-4-10-18-12/h11-12H,1-10,17H2. The molecule has 1 heterocycles. The maximum Gasteiger partial charge on any atom is 0.389 e. The summed E-state index contributed by atoms with van der Waals surface area (Å²) in [7, 11) is 0. The van der Waals surface area contributed by atoms with E-state index in [1.54, 1.807) is 0 Å². The molecule has 2 N–H and O–H groups in total. The number of alkyl halides is 3. The summed E-state index contributed by atoms with van der Waals surface area (Å²) in [5.74, 6) is 0. The molecule has 0 amide bonds. The number of hydrogen-bond acceptors (Lipinski definition) is 3. The smallest absolute Gasteiger partial charge is 0.353 e. The molecule has 114 valence electrons.